The van der Waals surface area contributed by atoms with E-state index in [1.165, 1.54) is 96.3 Å². The second-order valence-electron chi connectivity index (χ2n) is 7.30. The fourth-order valence-electron chi connectivity index (χ4n) is 2.96. The van der Waals surface area contributed by atoms with Crippen molar-refractivity contribution in [3.05, 3.63) is 0 Å². The van der Waals surface area contributed by atoms with Gasteiger partial charge in [-0.2, -0.15) is 10.2 Å². The summed E-state index contributed by atoms with van der Waals surface area (Å²) >= 11 is 0. The number of aliphatic carboxylic acids is 1. The second-order valence-corrected chi connectivity index (χ2v) is 7.30. The van der Waals surface area contributed by atoms with E-state index in [1.807, 2.05) is 0 Å². The average molecular weight is 355 g/mol. The van der Waals surface area contributed by atoms with Crippen molar-refractivity contribution in [3.8, 4) is 0 Å². The van der Waals surface area contributed by atoms with Gasteiger partial charge in [0, 0.05) is 0 Å². The minimum atomic E-state index is -0.907. The molecule has 1 atom stereocenters. The predicted octanol–water partition coefficient (Wildman–Crippen LogP) is 7.17. The number of carboxylic acid groups (broad SMARTS) is 1. The topological polar surface area (TPSA) is 62.0 Å². The summed E-state index contributed by atoms with van der Waals surface area (Å²) in [4.78, 5) is 10.6. The molecule has 0 bridgehead atoms. The molecule has 0 aliphatic heterocycles. The largest absolute Gasteiger partial charge is 0.480 e. The normalized spacial score (nSPS) is 12.7. The third-order valence-corrected chi connectivity index (χ3v) is 4.72. The fourth-order valence-corrected chi connectivity index (χ4v) is 2.96. The van der Waals surface area contributed by atoms with E-state index in [4.69, 9.17) is 5.11 Å². The van der Waals surface area contributed by atoms with Crippen molar-refractivity contribution < 1.29 is 9.90 Å². The molecular weight excluding hydrogens is 312 g/mol. The summed E-state index contributed by atoms with van der Waals surface area (Å²) in [6, 6.07) is -0.707. The number of azo groups is 1. The van der Waals surface area contributed by atoms with Crippen molar-refractivity contribution in [2.45, 2.75) is 123 Å². The van der Waals surface area contributed by atoms with E-state index in [1.54, 1.807) is 6.92 Å². The van der Waals surface area contributed by atoms with E-state index in [0.717, 1.165) is 6.42 Å². The van der Waals surface area contributed by atoms with E-state index in [2.05, 4.69) is 17.2 Å². The van der Waals surface area contributed by atoms with Gasteiger partial charge in [-0.3, -0.25) is 0 Å². The van der Waals surface area contributed by atoms with Crippen molar-refractivity contribution in [2.24, 2.45) is 10.2 Å². The van der Waals surface area contributed by atoms with Crippen LogP contribution in [0.5, 0.6) is 0 Å². The SMILES string of the molecule is CCCCCCCCCCCCCCCCCCN=NC(C)C(=O)O. The number of unbranched alkanes of at least 4 members (excludes halogenated alkanes) is 15. The number of hydrogen-bond acceptors (Lipinski definition) is 3. The van der Waals surface area contributed by atoms with Crippen molar-refractivity contribution in [2.75, 3.05) is 6.54 Å². The molecule has 0 saturated carbocycles. The fraction of sp³-hybridized carbons (Fsp3) is 0.952. The zero-order valence-electron chi connectivity index (χ0n) is 16.8. The first kappa shape index (κ1) is 24.1. The third-order valence-electron chi connectivity index (χ3n) is 4.72. The Morgan fingerprint density at radius 1 is 0.720 bits per heavy atom. The van der Waals surface area contributed by atoms with Gasteiger partial charge in [0.25, 0.3) is 0 Å². The standard InChI is InChI=1S/C21H42N2O2/c1-3-4-5-6-7-8-9-10-11-12-13-14-15-16-17-18-19-22-23-20(2)21(24)25/h20H,3-19H2,1-2H3,(H,24,25). The summed E-state index contributed by atoms with van der Waals surface area (Å²) in [5.74, 6) is -0.907. The zero-order chi connectivity index (χ0) is 18.6. The molecule has 0 aromatic heterocycles. The van der Waals surface area contributed by atoms with E-state index in [0.29, 0.717) is 6.54 Å². The Balaban J connectivity index is 3.11. The van der Waals surface area contributed by atoms with Gasteiger partial charge in [0.05, 0.1) is 6.54 Å². The van der Waals surface area contributed by atoms with E-state index >= 15 is 0 Å². The molecule has 0 fully saturated rings. The number of hydrogen-bond donors (Lipinski definition) is 1. The van der Waals surface area contributed by atoms with Gasteiger partial charge < -0.3 is 5.11 Å². The predicted molar refractivity (Wildman–Crippen MR) is 106 cm³/mol. The van der Waals surface area contributed by atoms with Gasteiger partial charge in [0.1, 0.15) is 0 Å². The van der Waals surface area contributed by atoms with Gasteiger partial charge in [0.2, 0.25) is 0 Å². The number of carboxylic acids is 1. The highest BCUT2D eigenvalue weighted by atomic mass is 16.4. The van der Waals surface area contributed by atoms with Gasteiger partial charge in [0.15, 0.2) is 6.04 Å². The van der Waals surface area contributed by atoms with Crippen LogP contribution >= 0.6 is 0 Å². The Kier molecular flexibility index (Phi) is 18.7. The van der Waals surface area contributed by atoms with Crippen molar-refractivity contribution in [3.63, 3.8) is 0 Å². The van der Waals surface area contributed by atoms with Crippen LogP contribution in [0.15, 0.2) is 10.2 Å². The van der Waals surface area contributed by atoms with Crippen LogP contribution in [0.2, 0.25) is 0 Å². The maximum atomic E-state index is 10.6. The molecule has 0 spiro atoms. The molecule has 148 valence electrons. The quantitative estimate of drug-likeness (QED) is 0.197. The smallest absolute Gasteiger partial charge is 0.330 e. The van der Waals surface area contributed by atoms with Crippen LogP contribution in [-0.4, -0.2) is 23.7 Å². The van der Waals surface area contributed by atoms with Crippen LogP contribution in [0, 0.1) is 0 Å². The van der Waals surface area contributed by atoms with E-state index in [9.17, 15) is 4.79 Å². The number of carbonyl (C=O) groups is 1. The Bertz CT molecular complexity index is 319. The average Bonchev–Trinajstić information content (AvgIpc) is 2.60. The van der Waals surface area contributed by atoms with Gasteiger partial charge >= 0.3 is 5.97 Å². The molecule has 4 nitrogen and oxygen atoms in total. The van der Waals surface area contributed by atoms with E-state index < -0.39 is 12.0 Å². The van der Waals surface area contributed by atoms with Crippen LogP contribution in [-0.2, 0) is 4.79 Å². The maximum absolute atomic E-state index is 10.6. The molecule has 4 heteroatoms. The minimum Gasteiger partial charge on any atom is -0.480 e. The maximum Gasteiger partial charge on any atom is 0.330 e. The summed E-state index contributed by atoms with van der Waals surface area (Å²) in [5.41, 5.74) is 0. The van der Waals surface area contributed by atoms with Crippen LogP contribution in [0.3, 0.4) is 0 Å². The van der Waals surface area contributed by atoms with Crippen LogP contribution < -0.4 is 0 Å². The number of rotatable bonds is 19. The second kappa shape index (κ2) is 19.4. The van der Waals surface area contributed by atoms with Crippen molar-refractivity contribution in [1.29, 1.82) is 0 Å². The van der Waals surface area contributed by atoms with Gasteiger partial charge in [-0.15, -0.1) is 0 Å². The summed E-state index contributed by atoms with van der Waals surface area (Å²) in [7, 11) is 0. The lowest BCUT2D eigenvalue weighted by Crippen LogP contribution is -2.12. The highest BCUT2D eigenvalue weighted by Crippen LogP contribution is 2.13. The van der Waals surface area contributed by atoms with E-state index in [-0.39, 0.29) is 0 Å². The highest BCUT2D eigenvalue weighted by molar-refractivity contribution is 5.72. The lowest BCUT2D eigenvalue weighted by molar-refractivity contribution is -0.138. The first-order valence-electron chi connectivity index (χ1n) is 10.8. The summed E-state index contributed by atoms with van der Waals surface area (Å²) < 4.78 is 0. The molecule has 0 amide bonds. The first-order chi connectivity index (χ1) is 12.2. The molecule has 1 unspecified atom stereocenters. The van der Waals surface area contributed by atoms with Crippen molar-refractivity contribution >= 4 is 5.97 Å². The van der Waals surface area contributed by atoms with Crippen LogP contribution in [0.25, 0.3) is 0 Å². The molecule has 0 aliphatic carbocycles. The monoisotopic (exact) mass is 354 g/mol. The molecule has 1 N–H and O–H groups in total. The van der Waals surface area contributed by atoms with Crippen LogP contribution in [0.4, 0.5) is 0 Å². The van der Waals surface area contributed by atoms with Gasteiger partial charge in [-0.25, -0.2) is 4.79 Å². The van der Waals surface area contributed by atoms with Crippen molar-refractivity contribution in [1.82, 2.24) is 0 Å². The molecule has 0 radical (unpaired) electrons. The Labute approximate surface area is 155 Å². The molecular formula is C21H42N2O2. The molecule has 0 aliphatic rings. The molecule has 0 heterocycles. The van der Waals surface area contributed by atoms with Crippen LogP contribution in [0.1, 0.15) is 117 Å². The highest BCUT2D eigenvalue weighted by Gasteiger charge is 2.07. The molecule has 0 rings (SSSR count). The Morgan fingerprint density at radius 2 is 1.08 bits per heavy atom. The summed E-state index contributed by atoms with van der Waals surface area (Å²) in [6.07, 6.45) is 21.7. The van der Waals surface area contributed by atoms with Gasteiger partial charge in [-0.05, 0) is 13.3 Å². The Hall–Kier alpha value is -0.930. The lowest BCUT2D eigenvalue weighted by atomic mass is 10.0. The molecule has 0 aromatic rings. The summed E-state index contributed by atoms with van der Waals surface area (Å²) in [6.45, 7) is 4.49. The zero-order valence-corrected chi connectivity index (χ0v) is 16.8. The molecule has 0 saturated heterocycles. The Morgan fingerprint density at radius 3 is 1.44 bits per heavy atom. The summed E-state index contributed by atoms with van der Waals surface area (Å²) in [5, 5.41) is 16.4. The first-order valence-corrected chi connectivity index (χ1v) is 10.8. The lowest BCUT2D eigenvalue weighted by Gasteiger charge is -2.03. The molecule has 25 heavy (non-hydrogen) atoms. The number of nitrogens with zero attached hydrogens (tertiary/aromatic N) is 2. The van der Waals surface area contributed by atoms with Gasteiger partial charge in [-0.1, -0.05) is 103 Å². The third kappa shape index (κ3) is 19.2. The molecule has 0 aromatic carbocycles. The minimum absolute atomic E-state index is 0.663.